The SMILES string of the molecule is Nc1ccc(-c2ccc(F)cc2)cc1NC(=O)c1ccc(C2(C3CC=CC=N3)CCOCC2)cc1.Nc1ccc(-c2cccs2)cc1NC(=O)c1ccc(C2(C3CC=CC=N3)CCOCC2)cc1.Nc1ccccc1NC(=O)c1ccc(C2(C3CC=CC=N3)CCOCC2)cc1.Nc1ccccc1NC(=O)c1ccc(C2(c3nn[nH]n3)CCOCC2)cc1. The number of para-hydroxylation sites is 4. The van der Waals surface area contributed by atoms with Crippen LogP contribution in [0.1, 0.15) is 140 Å². The molecule has 628 valence electrons. The van der Waals surface area contributed by atoms with E-state index < -0.39 is 0 Å². The monoisotopic (exact) mass is 1670 g/mol. The molecule has 123 heavy (non-hydrogen) atoms. The Bertz CT molecular complexity index is 5640. The second kappa shape index (κ2) is 39.6. The highest BCUT2D eigenvalue weighted by Crippen LogP contribution is 2.46. The van der Waals surface area contributed by atoms with Gasteiger partial charge in [-0.15, -0.1) is 21.5 Å². The molecule has 7 aliphatic heterocycles. The smallest absolute Gasteiger partial charge is 0.255 e. The zero-order chi connectivity index (χ0) is 85.0. The molecule has 4 fully saturated rings. The van der Waals surface area contributed by atoms with E-state index in [1.165, 1.54) is 28.8 Å². The highest BCUT2D eigenvalue weighted by atomic mass is 32.1. The number of halogens is 1. The number of aromatic nitrogens is 4. The van der Waals surface area contributed by atoms with E-state index in [4.69, 9.17) is 56.9 Å². The molecule has 18 rings (SSSR count). The first-order valence-corrected chi connectivity index (χ1v) is 42.5. The number of H-pyrrole nitrogens is 1. The molecule has 0 bridgehead atoms. The third-order valence-corrected chi connectivity index (χ3v) is 25.5. The van der Waals surface area contributed by atoms with Crippen molar-refractivity contribution in [2.75, 3.05) is 97.1 Å². The quantitative estimate of drug-likeness (QED) is 0.0361. The average molecular weight is 1670 g/mol. The molecule has 0 spiro atoms. The number of allylic oxidation sites excluding steroid dienone is 3. The lowest BCUT2D eigenvalue weighted by molar-refractivity contribution is 0.0405. The number of amides is 4. The number of benzene rings is 9. The number of nitrogens with zero attached hydrogens (tertiary/aromatic N) is 6. The lowest BCUT2D eigenvalue weighted by Crippen LogP contribution is -2.43. The second-order valence-electron chi connectivity index (χ2n) is 31.6. The number of nitrogen functional groups attached to an aromatic ring is 4. The van der Waals surface area contributed by atoms with Gasteiger partial charge in [-0.3, -0.25) is 34.2 Å². The van der Waals surface area contributed by atoms with Gasteiger partial charge in [0.05, 0.1) is 69.0 Å². The van der Waals surface area contributed by atoms with Gasteiger partial charge in [0.1, 0.15) is 5.82 Å². The van der Waals surface area contributed by atoms with E-state index in [0.717, 1.165) is 124 Å². The number of hydrogen-bond acceptors (Lipinski definition) is 19. The number of hydrogen-bond donors (Lipinski definition) is 9. The van der Waals surface area contributed by atoms with Crippen LogP contribution in [0.5, 0.6) is 0 Å². The third-order valence-electron chi connectivity index (χ3n) is 24.6. The number of aromatic amines is 1. The summed E-state index contributed by atoms with van der Waals surface area (Å²) in [6, 6.07) is 67.7. The summed E-state index contributed by atoms with van der Waals surface area (Å²) in [6.07, 6.45) is 28.1. The van der Waals surface area contributed by atoms with Crippen LogP contribution in [0.25, 0.3) is 21.6 Å². The van der Waals surface area contributed by atoms with Gasteiger partial charge in [0.15, 0.2) is 5.82 Å². The maximum absolute atomic E-state index is 13.3. The van der Waals surface area contributed by atoms with E-state index in [9.17, 15) is 23.6 Å². The molecule has 4 saturated heterocycles. The minimum Gasteiger partial charge on any atom is -0.397 e. The van der Waals surface area contributed by atoms with E-state index in [2.05, 4.69) is 90.5 Å². The summed E-state index contributed by atoms with van der Waals surface area (Å²) in [5.74, 6) is -0.421. The van der Waals surface area contributed by atoms with Crippen molar-refractivity contribution >= 4 is 99.1 Å². The summed E-state index contributed by atoms with van der Waals surface area (Å²) in [5.41, 5.74) is 37.7. The van der Waals surface area contributed by atoms with Crippen LogP contribution < -0.4 is 44.2 Å². The van der Waals surface area contributed by atoms with Gasteiger partial charge in [0.25, 0.3) is 23.6 Å². The minimum atomic E-state index is -0.357. The number of aliphatic imine (C=N–C) groups is 3. The summed E-state index contributed by atoms with van der Waals surface area (Å²) in [7, 11) is 0. The normalized spacial score (nSPS) is 18.8. The molecule has 11 aromatic rings. The Balaban J connectivity index is 0.000000128. The zero-order valence-electron chi connectivity index (χ0n) is 68.3. The number of anilines is 8. The third kappa shape index (κ3) is 19.7. The van der Waals surface area contributed by atoms with Crippen LogP contribution in [0.4, 0.5) is 49.9 Å². The molecule has 9 heterocycles. The number of carbonyl (C=O) groups excluding carboxylic acids is 4. The van der Waals surface area contributed by atoms with Gasteiger partial charge in [0, 0.05) is 115 Å². The number of rotatable bonds is 18. The molecule has 0 saturated carbocycles. The Morgan fingerprint density at radius 1 is 0.382 bits per heavy atom. The summed E-state index contributed by atoms with van der Waals surface area (Å²) in [4.78, 5) is 66.7. The summed E-state index contributed by atoms with van der Waals surface area (Å²) < 4.78 is 35.8. The fourth-order valence-electron chi connectivity index (χ4n) is 17.5. The summed E-state index contributed by atoms with van der Waals surface area (Å²) >= 11 is 1.66. The van der Waals surface area contributed by atoms with Crippen molar-refractivity contribution < 1.29 is 42.5 Å². The topological polar surface area (TPSA) is 349 Å². The Morgan fingerprint density at radius 2 is 0.732 bits per heavy atom. The van der Waals surface area contributed by atoms with Crippen LogP contribution in [0.3, 0.4) is 0 Å². The number of nitrogens with one attached hydrogen (secondary N) is 5. The number of ether oxygens (including phenoxy) is 4. The molecule has 13 N–H and O–H groups in total. The molecular formula is C98H100FN15O8S. The van der Waals surface area contributed by atoms with Gasteiger partial charge in [-0.2, -0.15) is 5.21 Å². The van der Waals surface area contributed by atoms with Gasteiger partial charge in [0.2, 0.25) is 0 Å². The molecule has 4 amide bonds. The predicted molar refractivity (Wildman–Crippen MR) is 488 cm³/mol. The van der Waals surface area contributed by atoms with Gasteiger partial charge in [-0.25, -0.2) is 4.39 Å². The molecule has 23 nitrogen and oxygen atoms in total. The van der Waals surface area contributed by atoms with Crippen molar-refractivity contribution in [3.8, 4) is 21.6 Å². The van der Waals surface area contributed by atoms with Crippen LogP contribution in [0.15, 0.2) is 275 Å². The maximum Gasteiger partial charge on any atom is 0.255 e. The number of carbonyl (C=O) groups is 4. The van der Waals surface area contributed by atoms with E-state index in [1.807, 2.05) is 158 Å². The van der Waals surface area contributed by atoms with Crippen molar-refractivity contribution in [2.45, 2.75) is 110 Å². The van der Waals surface area contributed by atoms with Gasteiger partial charge < -0.3 is 63.1 Å². The average Bonchev–Trinajstić information content (AvgIpc) is 1.26. The van der Waals surface area contributed by atoms with Crippen LogP contribution in [-0.4, -0.2) is 134 Å². The van der Waals surface area contributed by atoms with E-state index in [1.54, 1.807) is 72.0 Å². The first kappa shape index (κ1) is 84.8. The van der Waals surface area contributed by atoms with Crippen LogP contribution in [0.2, 0.25) is 0 Å². The molecule has 2 aromatic heterocycles. The van der Waals surface area contributed by atoms with Gasteiger partial charge >= 0.3 is 0 Å². The van der Waals surface area contributed by atoms with Crippen molar-refractivity contribution in [3.63, 3.8) is 0 Å². The second-order valence-corrected chi connectivity index (χ2v) is 32.5. The summed E-state index contributed by atoms with van der Waals surface area (Å²) in [5, 5.41) is 28.4. The number of nitrogens with two attached hydrogens (primary N) is 4. The molecule has 9 aromatic carbocycles. The number of tetrazole rings is 1. The molecule has 0 radical (unpaired) electrons. The Hall–Kier alpha value is -13.2. The summed E-state index contributed by atoms with van der Waals surface area (Å²) in [6.45, 7) is 5.63. The zero-order valence-corrected chi connectivity index (χ0v) is 69.1. The van der Waals surface area contributed by atoms with Crippen molar-refractivity contribution in [2.24, 2.45) is 15.0 Å². The highest BCUT2D eigenvalue weighted by Gasteiger charge is 2.45. The Morgan fingerprint density at radius 3 is 1.09 bits per heavy atom. The fraction of sp³-hybridized carbons (Fsp3) is 0.265. The van der Waals surface area contributed by atoms with Crippen LogP contribution in [-0.2, 0) is 40.6 Å². The van der Waals surface area contributed by atoms with Crippen LogP contribution in [0, 0.1) is 5.82 Å². The van der Waals surface area contributed by atoms with Crippen LogP contribution >= 0.6 is 11.3 Å². The lowest BCUT2D eigenvalue weighted by Gasteiger charge is -2.42. The number of thiophene rings is 1. The molecule has 7 aliphatic rings. The molecule has 3 unspecified atom stereocenters. The molecule has 0 aliphatic carbocycles. The Kier molecular flexibility index (Phi) is 27.3. The fourth-order valence-corrected chi connectivity index (χ4v) is 18.2. The molecule has 3 atom stereocenters. The molecule has 25 heteroatoms. The first-order valence-electron chi connectivity index (χ1n) is 41.6. The van der Waals surface area contributed by atoms with Crippen molar-refractivity contribution in [3.05, 3.63) is 316 Å². The van der Waals surface area contributed by atoms with E-state index in [0.29, 0.717) is 100 Å². The van der Waals surface area contributed by atoms with E-state index in [-0.39, 0.29) is 69.2 Å². The first-order chi connectivity index (χ1) is 60.1. The minimum absolute atomic E-state index is 0.0433. The van der Waals surface area contributed by atoms with Crippen molar-refractivity contribution in [1.82, 2.24) is 20.6 Å². The van der Waals surface area contributed by atoms with Gasteiger partial charge in [-0.1, -0.05) is 127 Å². The highest BCUT2D eigenvalue weighted by molar-refractivity contribution is 7.13. The van der Waals surface area contributed by atoms with Crippen molar-refractivity contribution in [1.29, 1.82) is 0 Å². The van der Waals surface area contributed by atoms with E-state index >= 15 is 0 Å². The Labute approximate surface area is 718 Å². The predicted octanol–water partition coefficient (Wildman–Crippen LogP) is 17.6. The molecular weight excluding hydrogens is 1570 g/mol. The largest absolute Gasteiger partial charge is 0.397 e. The lowest BCUT2D eigenvalue weighted by atomic mass is 9.67. The standard InChI is InChI=1S/C29H28FN3O2.C27H27N3O2S.C23H25N3O2.C19H20N6O2/c30-24-11-6-20(7-12-24)22-8-13-25(31)26(19-22)33-28(34)21-4-9-23(10-5-21)29(14-17-35-18-15-29)27-3-1-2-16-32-27;28-22-11-8-20(24-4-3-17-33-24)18-23(22)30-26(31)19-6-9-21(10-7-19)27(12-15-32-16-13-27)25-5-1-2-14-29-25;24-19-5-1-2-6-20(19)26-22(27)17-8-10-18(11-9-17)23(12-15-28-16-13-23)21-7-3-4-14-25-21;20-15-3-1-2-4-16(15)21-17(26)13-5-7-14(8-6-13)19(9-11-27-12-10-19)18-22-24-25-23-18/h1-2,4-13,16,19,27H,3,14-15,17-18,31H2,(H,33,34);1-4,6-11,14,17-18,25H,5,12-13,15-16,28H2,(H,30,31);1-6,8-11,14,21H,7,12-13,15-16,24H2,(H,26,27);1-8H,9-12,20H2,(H,21,26)(H,22,23,24,25). The van der Waals surface area contributed by atoms with Gasteiger partial charge in [-0.05, 0) is 248 Å². The maximum atomic E-state index is 13.3. The number of dihydropyridines is 3.